The highest BCUT2D eigenvalue weighted by Gasteiger charge is 2.20. The monoisotopic (exact) mass is 319 g/mol. The third-order valence-corrected chi connectivity index (χ3v) is 4.45. The first-order valence-electron chi connectivity index (χ1n) is 8.04. The predicted octanol–water partition coefficient (Wildman–Crippen LogP) is 3.43. The molecule has 5 heteroatoms. The van der Waals surface area contributed by atoms with Gasteiger partial charge >= 0.3 is 5.97 Å². The van der Waals surface area contributed by atoms with Crippen LogP contribution in [0.15, 0.2) is 42.7 Å². The average molecular weight is 319 g/mol. The first-order valence-corrected chi connectivity index (χ1v) is 8.04. The van der Waals surface area contributed by atoms with Crippen molar-refractivity contribution >= 4 is 22.6 Å². The minimum Gasteiger partial charge on any atom is -0.478 e. The molecule has 4 rings (SSSR count). The van der Waals surface area contributed by atoms with Crippen LogP contribution < -0.4 is 5.32 Å². The molecule has 3 aromatic rings. The highest BCUT2D eigenvalue weighted by atomic mass is 16.4. The minimum atomic E-state index is -0.921. The van der Waals surface area contributed by atoms with E-state index < -0.39 is 5.97 Å². The predicted molar refractivity (Wildman–Crippen MR) is 92.3 cm³/mol. The molecule has 1 aromatic carbocycles. The average Bonchev–Trinajstić information content (AvgIpc) is 3.07. The van der Waals surface area contributed by atoms with E-state index in [1.807, 2.05) is 18.3 Å². The molecular weight excluding hydrogens is 302 g/mol. The lowest BCUT2D eigenvalue weighted by molar-refractivity contribution is 0.0697. The SMILES string of the molecule is O=C(O)c1ccc2nc3c(c(NCc4cccnc4)c2c1)CCC3. The van der Waals surface area contributed by atoms with Gasteiger partial charge in [0.15, 0.2) is 0 Å². The molecule has 0 spiro atoms. The van der Waals surface area contributed by atoms with Crippen molar-refractivity contribution in [3.8, 4) is 0 Å². The molecule has 24 heavy (non-hydrogen) atoms. The highest BCUT2D eigenvalue weighted by molar-refractivity contribution is 5.99. The van der Waals surface area contributed by atoms with Crippen LogP contribution in [0.1, 0.15) is 33.6 Å². The number of nitrogens with zero attached hydrogens (tertiary/aromatic N) is 2. The van der Waals surface area contributed by atoms with Gasteiger partial charge in [0.25, 0.3) is 0 Å². The van der Waals surface area contributed by atoms with Crippen molar-refractivity contribution in [2.75, 3.05) is 5.32 Å². The van der Waals surface area contributed by atoms with Crippen LogP contribution in [0, 0.1) is 0 Å². The van der Waals surface area contributed by atoms with Gasteiger partial charge in [-0.2, -0.15) is 0 Å². The molecule has 0 bridgehead atoms. The van der Waals surface area contributed by atoms with Crippen LogP contribution in [0.25, 0.3) is 10.9 Å². The number of anilines is 1. The summed E-state index contributed by atoms with van der Waals surface area (Å²) in [6.07, 6.45) is 6.63. The van der Waals surface area contributed by atoms with Crippen molar-refractivity contribution in [1.29, 1.82) is 0 Å². The summed E-state index contributed by atoms with van der Waals surface area (Å²) in [6, 6.07) is 9.06. The lowest BCUT2D eigenvalue weighted by atomic mass is 10.0. The standard InChI is InChI=1S/C19H17N3O2/c23-19(24)13-6-7-17-15(9-13)18(14-4-1-5-16(14)22-17)21-11-12-3-2-8-20-10-12/h2-3,6-10H,1,4-5,11H2,(H,21,22)(H,23,24). The Balaban J connectivity index is 1.81. The largest absolute Gasteiger partial charge is 0.478 e. The molecule has 0 atom stereocenters. The quantitative estimate of drug-likeness (QED) is 0.770. The number of nitrogens with one attached hydrogen (secondary N) is 1. The number of pyridine rings is 2. The lowest BCUT2D eigenvalue weighted by Gasteiger charge is -2.15. The van der Waals surface area contributed by atoms with Crippen LogP contribution >= 0.6 is 0 Å². The van der Waals surface area contributed by atoms with Gasteiger partial charge in [-0.1, -0.05) is 6.07 Å². The zero-order chi connectivity index (χ0) is 16.5. The number of rotatable bonds is 4. The normalized spacial score (nSPS) is 13.0. The third kappa shape index (κ3) is 2.58. The van der Waals surface area contributed by atoms with Crippen LogP contribution in [0.2, 0.25) is 0 Å². The zero-order valence-electron chi connectivity index (χ0n) is 13.1. The van der Waals surface area contributed by atoms with Crippen molar-refractivity contribution in [2.45, 2.75) is 25.8 Å². The van der Waals surface area contributed by atoms with Crippen molar-refractivity contribution in [3.63, 3.8) is 0 Å². The third-order valence-electron chi connectivity index (χ3n) is 4.45. The molecule has 0 saturated carbocycles. The Hall–Kier alpha value is -2.95. The number of aromatic carboxylic acids is 1. The minimum absolute atomic E-state index is 0.284. The number of carboxylic acid groups (broad SMARTS) is 1. The molecule has 0 aliphatic heterocycles. The van der Waals surface area contributed by atoms with Crippen molar-refractivity contribution < 1.29 is 9.90 Å². The Morgan fingerprint density at radius 1 is 1.25 bits per heavy atom. The van der Waals surface area contributed by atoms with E-state index in [4.69, 9.17) is 4.98 Å². The fraction of sp³-hybridized carbons (Fsp3) is 0.211. The maximum atomic E-state index is 11.3. The fourth-order valence-electron chi connectivity index (χ4n) is 3.29. The summed E-state index contributed by atoms with van der Waals surface area (Å²) in [5.41, 5.74) is 5.57. The number of fused-ring (bicyclic) bond motifs is 2. The van der Waals surface area contributed by atoms with E-state index >= 15 is 0 Å². The van der Waals surface area contributed by atoms with Crippen LogP contribution in [0.3, 0.4) is 0 Å². The molecule has 2 N–H and O–H groups in total. The van der Waals surface area contributed by atoms with E-state index in [0.717, 1.165) is 47.1 Å². The molecule has 0 fully saturated rings. The van der Waals surface area contributed by atoms with Gasteiger partial charge in [0.2, 0.25) is 0 Å². The maximum Gasteiger partial charge on any atom is 0.335 e. The lowest BCUT2D eigenvalue weighted by Crippen LogP contribution is -2.06. The Morgan fingerprint density at radius 2 is 2.17 bits per heavy atom. The summed E-state index contributed by atoms with van der Waals surface area (Å²) >= 11 is 0. The summed E-state index contributed by atoms with van der Waals surface area (Å²) in [5.74, 6) is -0.921. The number of hydrogen-bond donors (Lipinski definition) is 2. The van der Waals surface area contributed by atoms with Crippen LogP contribution in [0.5, 0.6) is 0 Å². The Morgan fingerprint density at radius 3 is 2.96 bits per heavy atom. The Labute approximate surface area is 139 Å². The fourth-order valence-corrected chi connectivity index (χ4v) is 3.29. The van der Waals surface area contributed by atoms with E-state index in [2.05, 4.69) is 10.3 Å². The molecule has 2 aromatic heterocycles. The van der Waals surface area contributed by atoms with Gasteiger partial charge in [-0.25, -0.2) is 4.79 Å². The van der Waals surface area contributed by atoms with Gasteiger partial charge in [0.05, 0.1) is 11.1 Å². The molecular formula is C19H17N3O2. The topological polar surface area (TPSA) is 75.1 Å². The molecule has 2 heterocycles. The van der Waals surface area contributed by atoms with E-state index in [0.29, 0.717) is 6.54 Å². The summed E-state index contributed by atoms with van der Waals surface area (Å²) in [7, 11) is 0. The summed E-state index contributed by atoms with van der Waals surface area (Å²) in [5, 5.41) is 13.7. The van der Waals surface area contributed by atoms with Crippen LogP contribution in [0.4, 0.5) is 5.69 Å². The van der Waals surface area contributed by atoms with Crippen molar-refractivity contribution in [2.24, 2.45) is 0 Å². The van der Waals surface area contributed by atoms with Gasteiger partial charge in [0, 0.05) is 35.7 Å². The number of carboxylic acids is 1. The summed E-state index contributed by atoms with van der Waals surface area (Å²) < 4.78 is 0. The first kappa shape index (κ1) is 14.6. The molecule has 5 nitrogen and oxygen atoms in total. The number of aryl methyl sites for hydroxylation is 1. The second-order valence-electron chi connectivity index (χ2n) is 6.02. The number of aromatic nitrogens is 2. The second-order valence-corrected chi connectivity index (χ2v) is 6.02. The number of carbonyl (C=O) groups is 1. The Kier molecular flexibility index (Phi) is 3.61. The first-order chi connectivity index (χ1) is 11.7. The number of benzene rings is 1. The van der Waals surface area contributed by atoms with Crippen LogP contribution in [-0.2, 0) is 19.4 Å². The van der Waals surface area contributed by atoms with Crippen molar-refractivity contribution in [3.05, 3.63) is 65.1 Å². The van der Waals surface area contributed by atoms with Gasteiger partial charge in [-0.15, -0.1) is 0 Å². The molecule has 120 valence electrons. The van der Waals surface area contributed by atoms with E-state index in [9.17, 15) is 9.90 Å². The highest BCUT2D eigenvalue weighted by Crippen LogP contribution is 2.34. The molecule has 0 saturated heterocycles. The van der Waals surface area contributed by atoms with Gasteiger partial charge in [-0.3, -0.25) is 9.97 Å². The van der Waals surface area contributed by atoms with Gasteiger partial charge in [-0.05, 0) is 54.7 Å². The summed E-state index contributed by atoms with van der Waals surface area (Å²) in [4.78, 5) is 20.2. The van der Waals surface area contributed by atoms with Gasteiger partial charge in [0.1, 0.15) is 0 Å². The van der Waals surface area contributed by atoms with E-state index in [-0.39, 0.29) is 5.56 Å². The smallest absolute Gasteiger partial charge is 0.335 e. The number of hydrogen-bond acceptors (Lipinski definition) is 4. The zero-order valence-corrected chi connectivity index (χ0v) is 13.1. The molecule has 0 radical (unpaired) electrons. The molecule has 1 aliphatic rings. The maximum absolute atomic E-state index is 11.3. The van der Waals surface area contributed by atoms with Gasteiger partial charge < -0.3 is 10.4 Å². The van der Waals surface area contributed by atoms with Crippen LogP contribution in [-0.4, -0.2) is 21.0 Å². The Bertz CT molecular complexity index is 923. The second kappa shape index (κ2) is 5.92. The summed E-state index contributed by atoms with van der Waals surface area (Å²) in [6.45, 7) is 0.649. The van der Waals surface area contributed by atoms with E-state index in [1.54, 1.807) is 24.4 Å². The van der Waals surface area contributed by atoms with Crippen molar-refractivity contribution in [1.82, 2.24) is 9.97 Å². The molecule has 0 amide bonds. The van der Waals surface area contributed by atoms with E-state index in [1.165, 1.54) is 5.56 Å². The molecule has 1 aliphatic carbocycles. The molecule has 0 unspecified atom stereocenters.